The van der Waals surface area contributed by atoms with E-state index < -0.39 is 10.0 Å². The van der Waals surface area contributed by atoms with Crippen LogP contribution in [-0.4, -0.2) is 58.3 Å². The molecule has 1 aliphatic rings. The number of sulfonamides is 1. The van der Waals surface area contributed by atoms with Crippen LogP contribution in [0.1, 0.15) is 42.1 Å². The summed E-state index contributed by atoms with van der Waals surface area (Å²) in [6.45, 7) is 3.49. The predicted octanol–water partition coefficient (Wildman–Crippen LogP) is 3.73. The Kier molecular flexibility index (Phi) is 8.15. The molecule has 8 heteroatoms. The summed E-state index contributed by atoms with van der Waals surface area (Å²) >= 11 is 0. The molecule has 1 fully saturated rings. The first-order valence-corrected chi connectivity index (χ1v) is 12.7. The maximum absolute atomic E-state index is 13.4. The Labute approximate surface area is 191 Å². The van der Waals surface area contributed by atoms with E-state index >= 15 is 0 Å². The van der Waals surface area contributed by atoms with Crippen LogP contribution in [0.3, 0.4) is 0 Å². The number of ether oxygens (including phenoxy) is 1. The van der Waals surface area contributed by atoms with Crippen molar-refractivity contribution in [3.8, 4) is 0 Å². The number of carbonyl (C=O) groups is 1. The fourth-order valence-corrected chi connectivity index (χ4v) is 4.90. The van der Waals surface area contributed by atoms with Crippen LogP contribution in [0.5, 0.6) is 0 Å². The fourth-order valence-electron chi connectivity index (χ4n) is 3.77. The van der Waals surface area contributed by atoms with Gasteiger partial charge in [0.05, 0.1) is 11.9 Å². The molecule has 0 spiro atoms. The van der Waals surface area contributed by atoms with Gasteiger partial charge in [-0.25, -0.2) is 8.42 Å². The average Bonchev–Trinajstić information content (AvgIpc) is 3.26. The lowest BCUT2D eigenvalue weighted by Crippen LogP contribution is -2.37. The van der Waals surface area contributed by atoms with E-state index in [1.165, 1.54) is 0 Å². The lowest BCUT2D eigenvalue weighted by atomic mass is 10.1. The molecule has 1 atom stereocenters. The van der Waals surface area contributed by atoms with Crippen LogP contribution in [0.15, 0.2) is 48.5 Å². The summed E-state index contributed by atoms with van der Waals surface area (Å²) in [6.07, 6.45) is 2.47. The summed E-state index contributed by atoms with van der Waals surface area (Å²) in [5.74, 6) is -0.104. The Hall–Kier alpha value is -2.58. The number of hydrogen-bond donors (Lipinski definition) is 1. The van der Waals surface area contributed by atoms with Crippen LogP contribution >= 0.6 is 0 Å². The maximum Gasteiger partial charge on any atom is 0.254 e. The largest absolute Gasteiger partial charge is 0.378 e. The lowest BCUT2D eigenvalue weighted by Gasteiger charge is -2.26. The highest BCUT2D eigenvalue weighted by molar-refractivity contribution is 7.92. The number of amides is 1. The SMILES string of the molecule is CCCS(=O)(=O)Nc1cccc(C(=O)N(Cc2ccc(N(C)C)cc2)CC2CCCO2)c1. The number of rotatable bonds is 10. The van der Waals surface area contributed by atoms with Crippen molar-refractivity contribution in [2.75, 3.05) is 42.6 Å². The van der Waals surface area contributed by atoms with E-state index in [0.29, 0.717) is 30.8 Å². The zero-order valence-electron chi connectivity index (χ0n) is 19.1. The van der Waals surface area contributed by atoms with Gasteiger partial charge >= 0.3 is 0 Å². The summed E-state index contributed by atoms with van der Waals surface area (Å²) < 4.78 is 32.6. The van der Waals surface area contributed by atoms with Gasteiger partial charge in [-0.1, -0.05) is 25.1 Å². The lowest BCUT2D eigenvalue weighted by molar-refractivity contribution is 0.0507. The average molecular weight is 460 g/mol. The van der Waals surface area contributed by atoms with E-state index in [-0.39, 0.29) is 17.8 Å². The zero-order valence-corrected chi connectivity index (χ0v) is 19.9. The molecule has 0 bridgehead atoms. The molecule has 0 aliphatic carbocycles. The van der Waals surface area contributed by atoms with Gasteiger partial charge in [0.1, 0.15) is 0 Å². The van der Waals surface area contributed by atoms with Crippen LogP contribution in [0, 0.1) is 0 Å². The minimum Gasteiger partial charge on any atom is -0.378 e. The molecule has 1 amide bonds. The fraction of sp³-hybridized carbons (Fsp3) is 0.458. The smallest absolute Gasteiger partial charge is 0.254 e. The summed E-state index contributed by atoms with van der Waals surface area (Å²) in [4.78, 5) is 17.3. The highest BCUT2D eigenvalue weighted by atomic mass is 32.2. The van der Waals surface area contributed by atoms with Gasteiger partial charge in [-0.3, -0.25) is 9.52 Å². The van der Waals surface area contributed by atoms with Crippen LogP contribution < -0.4 is 9.62 Å². The van der Waals surface area contributed by atoms with Crippen LogP contribution in [0.4, 0.5) is 11.4 Å². The van der Waals surface area contributed by atoms with E-state index in [4.69, 9.17) is 4.74 Å². The first-order chi connectivity index (χ1) is 15.3. The number of anilines is 2. The first-order valence-electron chi connectivity index (χ1n) is 11.0. The first kappa shape index (κ1) is 24.1. The van der Waals surface area contributed by atoms with Gasteiger partial charge < -0.3 is 14.5 Å². The van der Waals surface area contributed by atoms with Crippen LogP contribution in [-0.2, 0) is 21.3 Å². The van der Waals surface area contributed by atoms with Crippen molar-refractivity contribution < 1.29 is 17.9 Å². The molecule has 1 aliphatic heterocycles. The molecule has 2 aromatic rings. The zero-order chi connectivity index (χ0) is 23.1. The molecule has 0 aromatic heterocycles. The van der Waals surface area contributed by atoms with Crippen molar-refractivity contribution in [3.63, 3.8) is 0 Å². The topological polar surface area (TPSA) is 79.0 Å². The van der Waals surface area contributed by atoms with Crippen molar-refractivity contribution in [3.05, 3.63) is 59.7 Å². The van der Waals surface area contributed by atoms with Gasteiger partial charge in [0, 0.05) is 50.7 Å². The summed E-state index contributed by atoms with van der Waals surface area (Å²) in [7, 11) is 0.556. The van der Waals surface area contributed by atoms with E-state index in [1.807, 2.05) is 50.2 Å². The van der Waals surface area contributed by atoms with Gasteiger partial charge in [-0.2, -0.15) is 0 Å². The van der Waals surface area contributed by atoms with Crippen LogP contribution in [0.25, 0.3) is 0 Å². The van der Waals surface area contributed by atoms with E-state index in [0.717, 1.165) is 30.7 Å². The molecule has 32 heavy (non-hydrogen) atoms. The Morgan fingerprint density at radius 2 is 1.91 bits per heavy atom. The Morgan fingerprint density at radius 3 is 2.53 bits per heavy atom. The van der Waals surface area contributed by atoms with Crippen molar-refractivity contribution in [2.24, 2.45) is 0 Å². The van der Waals surface area contributed by atoms with Gasteiger partial charge in [0.15, 0.2) is 0 Å². The molecule has 1 unspecified atom stereocenters. The maximum atomic E-state index is 13.4. The number of hydrogen-bond acceptors (Lipinski definition) is 5. The molecule has 1 N–H and O–H groups in total. The van der Waals surface area contributed by atoms with E-state index in [1.54, 1.807) is 29.2 Å². The van der Waals surface area contributed by atoms with Crippen molar-refractivity contribution in [1.29, 1.82) is 0 Å². The Balaban J connectivity index is 1.80. The minimum absolute atomic E-state index is 0.0197. The van der Waals surface area contributed by atoms with Crippen molar-refractivity contribution in [1.82, 2.24) is 4.90 Å². The number of nitrogens with zero attached hydrogens (tertiary/aromatic N) is 2. The molecule has 2 aromatic carbocycles. The van der Waals surface area contributed by atoms with Crippen molar-refractivity contribution in [2.45, 2.75) is 38.8 Å². The molecule has 1 heterocycles. The highest BCUT2D eigenvalue weighted by Crippen LogP contribution is 2.21. The molecule has 1 saturated heterocycles. The number of nitrogens with one attached hydrogen (secondary N) is 1. The van der Waals surface area contributed by atoms with E-state index in [2.05, 4.69) is 4.72 Å². The van der Waals surface area contributed by atoms with Crippen molar-refractivity contribution >= 4 is 27.3 Å². The number of carbonyl (C=O) groups excluding carboxylic acids is 1. The minimum atomic E-state index is -3.42. The molecule has 0 saturated carbocycles. The monoisotopic (exact) mass is 459 g/mol. The third-order valence-electron chi connectivity index (χ3n) is 5.42. The number of benzene rings is 2. The third kappa shape index (κ3) is 6.71. The summed E-state index contributed by atoms with van der Waals surface area (Å²) in [6, 6.07) is 14.8. The predicted molar refractivity (Wildman–Crippen MR) is 129 cm³/mol. The van der Waals surface area contributed by atoms with Gasteiger partial charge in [-0.05, 0) is 55.2 Å². The highest BCUT2D eigenvalue weighted by Gasteiger charge is 2.24. The second kappa shape index (κ2) is 10.8. The van der Waals surface area contributed by atoms with E-state index in [9.17, 15) is 13.2 Å². The van der Waals surface area contributed by atoms with Crippen LogP contribution in [0.2, 0.25) is 0 Å². The summed E-state index contributed by atoms with van der Waals surface area (Å²) in [5.41, 5.74) is 2.97. The molecular formula is C24H33N3O4S. The van der Waals surface area contributed by atoms with Gasteiger partial charge in [-0.15, -0.1) is 0 Å². The van der Waals surface area contributed by atoms with Gasteiger partial charge in [0.25, 0.3) is 5.91 Å². The molecule has 174 valence electrons. The normalized spacial score (nSPS) is 16.0. The molecule has 0 radical (unpaired) electrons. The second-order valence-electron chi connectivity index (χ2n) is 8.38. The second-order valence-corrected chi connectivity index (χ2v) is 10.2. The van der Waals surface area contributed by atoms with Gasteiger partial charge in [0.2, 0.25) is 10.0 Å². The molecule has 7 nitrogen and oxygen atoms in total. The Morgan fingerprint density at radius 1 is 1.16 bits per heavy atom. The molecular weight excluding hydrogens is 426 g/mol. The quantitative estimate of drug-likeness (QED) is 0.586. The molecule has 3 rings (SSSR count). The Bertz CT molecular complexity index is 1000. The standard InChI is InChI=1S/C24H33N3O4S/c1-4-15-32(29,30)25-21-8-5-7-20(16-21)24(28)27(18-23-9-6-14-31-23)17-19-10-12-22(13-11-19)26(2)3/h5,7-8,10-13,16,23,25H,4,6,9,14-15,17-18H2,1-3H3. The summed E-state index contributed by atoms with van der Waals surface area (Å²) in [5, 5.41) is 0. The third-order valence-corrected chi connectivity index (χ3v) is 6.91.